The van der Waals surface area contributed by atoms with Crippen molar-refractivity contribution >= 4 is 29.3 Å². The van der Waals surface area contributed by atoms with E-state index in [1.807, 2.05) is 13.0 Å². The number of thioether (sulfide) groups is 1. The summed E-state index contributed by atoms with van der Waals surface area (Å²) in [5.41, 5.74) is 1.29. The molecule has 2 amide bonds. The maximum Gasteiger partial charge on any atom is 0.251 e. The van der Waals surface area contributed by atoms with E-state index < -0.39 is 0 Å². The Labute approximate surface area is 134 Å². The van der Waals surface area contributed by atoms with Gasteiger partial charge in [0.2, 0.25) is 5.91 Å². The van der Waals surface area contributed by atoms with Crippen LogP contribution in [-0.4, -0.2) is 36.3 Å². The maximum absolute atomic E-state index is 12.4. The average molecular weight is 320 g/mol. The second-order valence-electron chi connectivity index (χ2n) is 5.67. The molecule has 2 aliphatic heterocycles. The molecule has 3 rings (SSSR count). The summed E-state index contributed by atoms with van der Waals surface area (Å²) in [5.74, 6) is 0.631. The van der Waals surface area contributed by atoms with Crippen LogP contribution in [0.1, 0.15) is 36.5 Å². The molecule has 1 fully saturated rings. The number of carbonyl (C=O) groups is 2. The first-order chi connectivity index (χ1) is 10.6. The maximum atomic E-state index is 12.4. The number of hydrogen-bond acceptors (Lipinski definition) is 4. The Morgan fingerprint density at radius 2 is 2.36 bits per heavy atom. The highest BCUT2D eigenvalue weighted by Crippen LogP contribution is 2.31. The lowest BCUT2D eigenvalue weighted by Gasteiger charge is -2.20. The molecule has 2 heterocycles. The lowest BCUT2D eigenvalue weighted by molar-refractivity contribution is -0.115. The van der Waals surface area contributed by atoms with Crippen LogP contribution in [-0.2, 0) is 9.53 Å². The zero-order valence-corrected chi connectivity index (χ0v) is 13.4. The van der Waals surface area contributed by atoms with Crippen molar-refractivity contribution in [2.75, 3.05) is 17.7 Å². The standard InChI is InChI=1S/C16H20N2O3S/c1-10(13-3-2-7-21-13)17-16(20)11-4-5-14-12(9-11)18-15(19)6-8-22-14/h4-5,9-10,13H,2-3,6-8H2,1H3,(H,17,20)(H,18,19). The molecular formula is C16H20N2O3S. The largest absolute Gasteiger partial charge is 0.376 e. The fourth-order valence-electron chi connectivity index (χ4n) is 2.74. The monoisotopic (exact) mass is 320 g/mol. The van der Waals surface area contributed by atoms with Gasteiger partial charge in [0.05, 0.1) is 17.8 Å². The molecule has 2 unspecified atom stereocenters. The number of rotatable bonds is 3. The van der Waals surface area contributed by atoms with Crippen molar-refractivity contribution in [2.24, 2.45) is 0 Å². The van der Waals surface area contributed by atoms with E-state index in [0.717, 1.165) is 35.8 Å². The van der Waals surface area contributed by atoms with Gasteiger partial charge in [-0.15, -0.1) is 11.8 Å². The molecule has 0 saturated carbocycles. The molecule has 2 atom stereocenters. The molecule has 5 nitrogen and oxygen atoms in total. The number of amides is 2. The summed E-state index contributed by atoms with van der Waals surface area (Å²) in [4.78, 5) is 25.0. The Hall–Kier alpha value is -1.53. The van der Waals surface area contributed by atoms with Gasteiger partial charge < -0.3 is 15.4 Å². The molecule has 6 heteroatoms. The van der Waals surface area contributed by atoms with Crippen LogP contribution in [0.3, 0.4) is 0 Å². The van der Waals surface area contributed by atoms with Gasteiger partial charge in [0.1, 0.15) is 0 Å². The minimum Gasteiger partial charge on any atom is -0.376 e. The molecule has 0 aromatic heterocycles. The van der Waals surface area contributed by atoms with Crippen LogP contribution >= 0.6 is 11.8 Å². The first-order valence-corrected chi connectivity index (χ1v) is 8.61. The summed E-state index contributed by atoms with van der Waals surface area (Å²) in [6.45, 7) is 2.74. The SMILES string of the molecule is CC(NC(=O)c1ccc2c(c1)NC(=O)CCS2)C1CCCO1. The Balaban J connectivity index is 1.71. The van der Waals surface area contributed by atoms with Gasteiger partial charge in [-0.05, 0) is 38.0 Å². The zero-order chi connectivity index (χ0) is 15.5. The summed E-state index contributed by atoms with van der Waals surface area (Å²) in [5, 5.41) is 5.85. The van der Waals surface area contributed by atoms with Crippen LogP contribution in [0.5, 0.6) is 0 Å². The van der Waals surface area contributed by atoms with E-state index in [0.29, 0.717) is 12.0 Å². The van der Waals surface area contributed by atoms with Gasteiger partial charge in [-0.1, -0.05) is 0 Å². The molecule has 1 aromatic carbocycles. The third-order valence-electron chi connectivity index (χ3n) is 3.98. The van der Waals surface area contributed by atoms with E-state index in [9.17, 15) is 9.59 Å². The molecule has 2 aliphatic rings. The topological polar surface area (TPSA) is 67.4 Å². The van der Waals surface area contributed by atoms with Gasteiger partial charge in [0.25, 0.3) is 5.91 Å². The number of benzene rings is 1. The van der Waals surface area contributed by atoms with E-state index in [1.54, 1.807) is 23.9 Å². The van der Waals surface area contributed by atoms with Crippen LogP contribution in [0, 0.1) is 0 Å². The molecule has 1 aromatic rings. The van der Waals surface area contributed by atoms with E-state index in [2.05, 4.69) is 10.6 Å². The van der Waals surface area contributed by atoms with Gasteiger partial charge in [0, 0.05) is 29.2 Å². The fraction of sp³-hybridized carbons (Fsp3) is 0.500. The van der Waals surface area contributed by atoms with Crippen molar-refractivity contribution < 1.29 is 14.3 Å². The summed E-state index contributed by atoms with van der Waals surface area (Å²) in [6.07, 6.45) is 2.63. The van der Waals surface area contributed by atoms with Crippen molar-refractivity contribution in [3.8, 4) is 0 Å². The van der Waals surface area contributed by atoms with Gasteiger partial charge >= 0.3 is 0 Å². The number of carbonyl (C=O) groups excluding carboxylic acids is 2. The lowest BCUT2D eigenvalue weighted by Crippen LogP contribution is -2.40. The predicted octanol–water partition coefficient (Wildman–Crippen LogP) is 2.42. The van der Waals surface area contributed by atoms with Gasteiger partial charge in [-0.2, -0.15) is 0 Å². The van der Waals surface area contributed by atoms with E-state index in [1.165, 1.54) is 0 Å². The Kier molecular flexibility index (Phi) is 4.69. The van der Waals surface area contributed by atoms with Crippen molar-refractivity contribution in [2.45, 2.75) is 43.2 Å². The van der Waals surface area contributed by atoms with Gasteiger partial charge in [-0.25, -0.2) is 0 Å². The average Bonchev–Trinajstić information content (AvgIpc) is 2.96. The minimum atomic E-state index is -0.130. The smallest absolute Gasteiger partial charge is 0.251 e. The molecule has 0 radical (unpaired) electrons. The predicted molar refractivity (Wildman–Crippen MR) is 86.3 cm³/mol. The Morgan fingerprint density at radius 1 is 1.50 bits per heavy atom. The highest BCUT2D eigenvalue weighted by atomic mass is 32.2. The number of anilines is 1. The van der Waals surface area contributed by atoms with Gasteiger partial charge in [0.15, 0.2) is 0 Å². The Morgan fingerprint density at radius 3 is 3.14 bits per heavy atom. The summed E-state index contributed by atoms with van der Waals surface area (Å²) >= 11 is 1.63. The first-order valence-electron chi connectivity index (χ1n) is 7.62. The minimum absolute atomic E-state index is 0.00321. The highest BCUT2D eigenvalue weighted by molar-refractivity contribution is 7.99. The van der Waals surface area contributed by atoms with Crippen LogP contribution in [0.15, 0.2) is 23.1 Å². The number of nitrogens with one attached hydrogen (secondary N) is 2. The van der Waals surface area contributed by atoms with Crippen molar-refractivity contribution in [3.05, 3.63) is 23.8 Å². The normalized spacial score (nSPS) is 22.4. The Bertz CT molecular complexity index is 585. The van der Waals surface area contributed by atoms with Crippen LogP contribution in [0.25, 0.3) is 0 Å². The molecule has 22 heavy (non-hydrogen) atoms. The quantitative estimate of drug-likeness (QED) is 0.897. The van der Waals surface area contributed by atoms with Gasteiger partial charge in [-0.3, -0.25) is 9.59 Å². The molecular weight excluding hydrogens is 300 g/mol. The highest BCUT2D eigenvalue weighted by Gasteiger charge is 2.24. The second kappa shape index (κ2) is 6.71. The summed E-state index contributed by atoms with van der Waals surface area (Å²) < 4.78 is 5.60. The summed E-state index contributed by atoms with van der Waals surface area (Å²) in [6, 6.07) is 5.44. The third kappa shape index (κ3) is 3.44. The lowest BCUT2D eigenvalue weighted by atomic mass is 10.1. The first kappa shape index (κ1) is 15.4. The van der Waals surface area contributed by atoms with Crippen molar-refractivity contribution in [1.82, 2.24) is 5.32 Å². The third-order valence-corrected chi connectivity index (χ3v) is 5.06. The van der Waals surface area contributed by atoms with E-state index in [4.69, 9.17) is 4.74 Å². The molecule has 0 aliphatic carbocycles. The summed E-state index contributed by atoms with van der Waals surface area (Å²) in [7, 11) is 0. The molecule has 0 bridgehead atoms. The van der Waals surface area contributed by atoms with E-state index >= 15 is 0 Å². The van der Waals surface area contributed by atoms with Crippen LogP contribution < -0.4 is 10.6 Å². The van der Waals surface area contributed by atoms with Crippen LogP contribution in [0.2, 0.25) is 0 Å². The van der Waals surface area contributed by atoms with Crippen molar-refractivity contribution in [3.63, 3.8) is 0 Å². The number of ether oxygens (including phenoxy) is 1. The van der Waals surface area contributed by atoms with Crippen LogP contribution in [0.4, 0.5) is 5.69 Å². The molecule has 0 spiro atoms. The second-order valence-corrected chi connectivity index (χ2v) is 6.81. The fourth-order valence-corrected chi connectivity index (χ4v) is 3.68. The molecule has 1 saturated heterocycles. The van der Waals surface area contributed by atoms with Crippen molar-refractivity contribution in [1.29, 1.82) is 0 Å². The zero-order valence-electron chi connectivity index (χ0n) is 12.6. The molecule has 118 valence electrons. The number of fused-ring (bicyclic) bond motifs is 1. The number of hydrogen-bond donors (Lipinski definition) is 2. The van der Waals surface area contributed by atoms with E-state index in [-0.39, 0.29) is 24.0 Å². The molecule has 2 N–H and O–H groups in total.